The summed E-state index contributed by atoms with van der Waals surface area (Å²) < 4.78 is 7.77. The summed E-state index contributed by atoms with van der Waals surface area (Å²) in [5.74, 6) is 0.116. The van der Waals surface area contributed by atoms with E-state index in [1.165, 1.54) is 7.11 Å². The SMILES string of the molecule is COc1cc(Cl)ccc1C(=O)Nc1cc(Br)ccc1-n1cccn1. The van der Waals surface area contributed by atoms with E-state index >= 15 is 0 Å². The van der Waals surface area contributed by atoms with Crippen LogP contribution in [0, 0.1) is 0 Å². The number of amides is 1. The highest BCUT2D eigenvalue weighted by Crippen LogP contribution is 2.27. The number of carbonyl (C=O) groups excluding carboxylic acids is 1. The van der Waals surface area contributed by atoms with Gasteiger partial charge in [-0.15, -0.1) is 0 Å². The highest BCUT2D eigenvalue weighted by Gasteiger charge is 2.15. The molecule has 1 amide bonds. The molecule has 0 bridgehead atoms. The Bertz CT molecular complexity index is 882. The molecule has 1 aromatic heterocycles. The molecule has 1 N–H and O–H groups in total. The normalized spacial score (nSPS) is 10.5. The van der Waals surface area contributed by atoms with Crippen molar-refractivity contribution in [3.05, 3.63) is 69.9 Å². The Morgan fingerprint density at radius 2 is 2.12 bits per heavy atom. The van der Waals surface area contributed by atoms with Crippen LogP contribution in [0.25, 0.3) is 5.69 Å². The van der Waals surface area contributed by atoms with E-state index in [0.717, 1.165) is 10.2 Å². The molecule has 5 nitrogen and oxygen atoms in total. The van der Waals surface area contributed by atoms with E-state index in [9.17, 15) is 4.79 Å². The third kappa shape index (κ3) is 3.44. The molecule has 7 heteroatoms. The second-order valence-electron chi connectivity index (χ2n) is 4.91. The molecule has 0 atom stereocenters. The van der Waals surface area contributed by atoms with Crippen LogP contribution >= 0.6 is 27.5 Å². The van der Waals surface area contributed by atoms with Crippen LogP contribution in [0.2, 0.25) is 5.02 Å². The highest BCUT2D eigenvalue weighted by molar-refractivity contribution is 9.10. The largest absolute Gasteiger partial charge is 0.496 e. The second kappa shape index (κ2) is 7.07. The van der Waals surface area contributed by atoms with Crippen LogP contribution in [-0.2, 0) is 0 Å². The minimum Gasteiger partial charge on any atom is -0.496 e. The summed E-state index contributed by atoms with van der Waals surface area (Å²) >= 11 is 9.36. The molecule has 0 aliphatic rings. The Balaban J connectivity index is 1.97. The fourth-order valence-corrected chi connectivity index (χ4v) is 2.78. The van der Waals surface area contributed by atoms with Gasteiger partial charge in [-0.1, -0.05) is 27.5 Å². The number of methoxy groups -OCH3 is 1. The zero-order valence-corrected chi connectivity index (χ0v) is 15.0. The fraction of sp³-hybridized carbons (Fsp3) is 0.0588. The van der Waals surface area contributed by atoms with Gasteiger partial charge in [-0.2, -0.15) is 5.10 Å². The Morgan fingerprint density at radius 1 is 1.29 bits per heavy atom. The lowest BCUT2D eigenvalue weighted by Gasteiger charge is -2.13. The predicted molar refractivity (Wildman–Crippen MR) is 97.2 cm³/mol. The lowest BCUT2D eigenvalue weighted by atomic mass is 10.1. The van der Waals surface area contributed by atoms with Crippen molar-refractivity contribution in [3.8, 4) is 11.4 Å². The van der Waals surface area contributed by atoms with Gasteiger partial charge in [0.05, 0.1) is 24.0 Å². The summed E-state index contributed by atoms with van der Waals surface area (Å²) in [6.07, 6.45) is 3.48. The Hall–Kier alpha value is -2.31. The first kappa shape index (κ1) is 16.5. The first-order valence-electron chi connectivity index (χ1n) is 7.03. The Labute approximate surface area is 152 Å². The number of anilines is 1. The molecule has 3 rings (SSSR count). The number of benzene rings is 2. The first-order chi connectivity index (χ1) is 11.6. The van der Waals surface area contributed by atoms with Gasteiger partial charge in [0.2, 0.25) is 0 Å². The third-order valence-corrected chi connectivity index (χ3v) is 4.09. The van der Waals surface area contributed by atoms with Gasteiger partial charge in [-0.3, -0.25) is 4.79 Å². The van der Waals surface area contributed by atoms with Crippen molar-refractivity contribution in [2.75, 3.05) is 12.4 Å². The zero-order chi connectivity index (χ0) is 17.1. The summed E-state index contributed by atoms with van der Waals surface area (Å²) in [4.78, 5) is 12.7. The van der Waals surface area contributed by atoms with Crippen molar-refractivity contribution < 1.29 is 9.53 Å². The van der Waals surface area contributed by atoms with Crippen molar-refractivity contribution in [2.45, 2.75) is 0 Å². The van der Waals surface area contributed by atoms with E-state index in [2.05, 4.69) is 26.3 Å². The number of nitrogens with zero attached hydrogens (tertiary/aromatic N) is 2. The number of halogens is 2. The number of rotatable bonds is 4. The second-order valence-corrected chi connectivity index (χ2v) is 6.26. The molecule has 0 aliphatic heterocycles. The maximum Gasteiger partial charge on any atom is 0.259 e. The number of carbonyl (C=O) groups is 1. The van der Waals surface area contributed by atoms with Crippen molar-refractivity contribution in [3.63, 3.8) is 0 Å². The maximum absolute atomic E-state index is 12.7. The van der Waals surface area contributed by atoms with Crippen molar-refractivity contribution >= 4 is 39.1 Å². The predicted octanol–water partition coefficient (Wildman–Crippen LogP) is 4.55. The van der Waals surface area contributed by atoms with Gasteiger partial charge in [0.15, 0.2) is 0 Å². The molecule has 0 fully saturated rings. The molecule has 2 aromatic carbocycles. The summed E-state index contributed by atoms with van der Waals surface area (Å²) in [6.45, 7) is 0. The van der Waals surface area contributed by atoms with Crippen LogP contribution in [0.4, 0.5) is 5.69 Å². The number of hydrogen-bond acceptors (Lipinski definition) is 3. The molecule has 0 unspecified atom stereocenters. The molecule has 0 spiro atoms. The van der Waals surface area contributed by atoms with Crippen LogP contribution < -0.4 is 10.1 Å². The van der Waals surface area contributed by atoms with Crippen molar-refractivity contribution in [2.24, 2.45) is 0 Å². The third-order valence-electron chi connectivity index (χ3n) is 3.37. The molecule has 1 heterocycles. The minimum atomic E-state index is -0.296. The first-order valence-corrected chi connectivity index (χ1v) is 8.20. The van der Waals surface area contributed by atoms with Crippen molar-refractivity contribution in [1.82, 2.24) is 9.78 Å². The Kier molecular flexibility index (Phi) is 4.87. The number of hydrogen-bond donors (Lipinski definition) is 1. The highest BCUT2D eigenvalue weighted by atomic mass is 79.9. The van der Waals surface area contributed by atoms with Gasteiger partial charge >= 0.3 is 0 Å². The van der Waals surface area contributed by atoms with Crippen LogP contribution in [-0.4, -0.2) is 22.8 Å². The Morgan fingerprint density at radius 3 is 2.83 bits per heavy atom. The van der Waals surface area contributed by atoms with Gasteiger partial charge < -0.3 is 10.1 Å². The fourth-order valence-electron chi connectivity index (χ4n) is 2.26. The average Bonchev–Trinajstić information content (AvgIpc) is 3.09. The van der Waals surface area contributed by atoms with Crippen molar-refractivity contribution in [1.29, 1.82) is 0 Å². The average molecular weight is 407 g/mol. The molecule has 0 saturated carbocycles. The maximum atomic E-state index is 12.7. The van der Waals surface area contributed by atoms with Gasteiger partial charge in [0.25, 0.3) is 5.91 Å². The number of aromatic nitrogens is 2. The van der Waals surface area contributed by atoms with Gasteiger partial charge in [-0.05, 0) is 42.5 Å². The summed E-state index contributed by atoms with van der Waals surface area (Å²) in [5.41, 5.74) is 1.77. The molecular formula is C17H13BrClN3O2. The molecule has 122 valence electrons. The van der Waals surface area contributed by atoms with Crippen LogP contribution in [0.15, 0.2) is 59.3 Å². The van der Waals surface area contributed by atoms with Gasteiger partial charge in [0, 0.05) is 21.9 Å². The summed E-state index contributed by atoms with van der Waals surface area (Å²) in [7, 11) is 1.50. The molecule has 0 saturated heterocycles. The van der Waals surface area contributed by atoms with E-state index in [4.69, 9.17) is 16.3 Å². The van der Waals surface area contributed by atoms with E-state index in [-0.39, 0.29) is 5.91 Å². The van der Waals surface area contributed by atoms with E-state index < -0.39 is 0 Å². The standard InChI is InChI=1S/C17H13BrClN3O2/c1-24-16-10-12(19)4-5-13(16)17(23)21-14-9-11(18)3-6-15(14)22-8-2-7-20-22/h2-10H,1H3,(H,21,23). The molecular weight excluding hydrogens is 394 g/mol. The van der Waals surface area contributed by atoms with E-state index in [1.807, 2.05) is 30.5 Å². The number of ether oxygens (including phenoxy) is 1. The zero-order valence-electron chi connectivity index (χ0n) is 12.7. The van der Waals surface area contributed by atoms with Gasteiger partial charge in [0.1, 0.15) is 5.75 Å². The monoisotopic (exact) mass is 405 g/mol. The van der Waals surface area contributed by atoms with Crippen LogP contribution in [0.1, 0.15) is 10.4 Å². The van der Waals surface area contributed by atoms with E-state index in [1.54, 1.807) is 29.1 Å². The lowest BCUT2D eigenvalue weighted by Crippen LogP contribution is -2.15. The molecule has 0 aliphatic carbocycles. The minimum absolute atomic E-state index is 0.296. The van der Waals surface area contributed by atoms with Crippen LogP contribution in [0.3, 0.4) is 0 Å². The quantitative estimate of drug-likeness (QED) is 0.691. The molecule has 3 aromatic rings. The number of nitrogens with one attached hydrogen (secondary N) is 1. The topological polar surface area (TPSA) is 56.1 Å². The van der Waals surface area contributed by atoms with E-state index in [0.29, 0.717) is 22.0 Å². The summed E-state index contributed by atoms with van der Waals surface area (Å²) in [6, 6.07) is 12.3. The molecule has 24 heavy (non-hydrogen) atoms. The smallest absolute Gasteiger partial charge is 0.259 e. The van der Waals surface area contributed by atoms with Crippen LogP contribution in [0.5, 0.6) is 5.75 Å². The molecule has 0 radical (unpaired) electrons. The summed E-state index contributed by atoms with van der Waals surface area (Å²) in [5, 5.41) is 7.61. The van der Waals surface area contributed by atoms with Gasteiger partial charge in [-0.25, -0.2) is 4.68 Å². The lowest BCUT2D eigenvalue weighted by molar-refractivity contribution is 0.102.